The second kappa shape index (κ2) is 5.95. The molecule has 17 heavy (non-hydrogen) atoms. The molecule has 0 aliphatic rings. The Balaban J connectivity index is 2.98. The van der Waals surface area contributed by atoms with Gasteiger partial charge in [0.1, 0.15) is 0 Å². The fourth-order valence-electron chi connectivity index (χ4n) is 1.69. The van der Waals surface area contributed by atoms with Crippen LogP contribution >= 0.6 is 0 Å². The smallest absolute Gasteiger partial charge is 0.0841 e. The van der Waals surface area contributed by atoms with Gasteiger partial charge in [0, 0.05) is 11.4 Å². The molecule has 1 aromatic rings. The lowest BCUT2D eigenvalue weighted by Gasteiger charge is -2.15. The molecule has 0 aliphatic carbocycles. The summed E-state index contributed by atoms with van der Waals surface area (Å²) in [5, 5.41) is 0. The van der Waals surface area contributed by atoms with E-state index in [9.17, 15) is 0 Å². The van der Waals surface area contributed by atoms with Gasteiger partial charge >= 0.3 is 0 Å². The van der Waals surface area contributed by atoms with Crippen LogP contribution in [0.4, 0.5) is 5.69 Å². The predicted molar refractivity (Wildman–Crippen MR) is 75.1 cm³/mol. The summed E-state index contributed by atoms with van der Waals surface area (Å²) in [6.07, 6.45) is 0.978. The summed E-state index contributed by atoms with van der Waals surface area (Å²) in [5.74, 6) is 1.14. The highest BCUT2D eigenvalue weighted by molar-refractivity contribution is 5.86. The van der Waals surface area contributed by atoms with Crippen molar-refractivity contribution in [2.75, 3.05) is 0 Å². The minimum Gasteiger partial charge on any atom is -0.256 e. The van der Waals surface area contributed by atoms with Gasteiger partial charge in [-0.2, -0.15) is 0 Å². The topological polar surface area (TPSA) is 25.2 Å². The van der Waals surface area contributed by atoms with Crippen LogP contribution in [-0.2, 0) is 6.42 Å². The number of hydrogen-bond donors (Lipinski definition) is 0. The standard InChI is InChI=1S/C15H24N2/c1-7-14-8-9-15(13(6)16-14)17-12(5)11(4)10(2)3/h8-11H,7H2,1-6H3. The first-order valence-corrected chi connectivity index (χ1v) is 6.47. The summed E-state index contributed by atoms with van der Waals surface area (Å²) in [7, 11) is 0. The van der Waals surface area contributed by atoms with Crippen LogP contribution in [0.25, 0.3) is 0 Å². The maximum Gasteiger partial charge on any atom is 0.0841 e. The Morgan fingerprint density at radius 3 is 2.41 bits per heavy atom. The SMILES string of the molecule is CCc1ccc(N=C(C)C(C)C(C)C)c(C)n1. The second-order valence-electron chi connectivity index (χ2n) is 5.05. The Morgan fingerprint density at radius 1 is 1.29 bits per heavy atom. The van der Waals surface area contributed by atoms with E-state index >= 15 is 0 Å². The molecule has 1 atom stereocenters. The number of aryl methyl sites for hydroxylation is 2. The summed E-state index contributed by atoms with van der Waals surface area (Å²) in [6, 6.07) is 4.15. The van der Waals surface area contributed by atoms with Gasteiger partial charge in [-0.25, -0.2) is 0 Å². The van der Waals surface area contributed by atoms with E-state index in [0.29, 0.717) is 11.8 Å². The number of rotatable bonds is 4. The molecule has 1 heterocycles. The van der Waals surface area contributed by atoms with E-state index in [0.717, 1.165) is 23.5 Å². The molecule has 0 N–H and O–H groups in total. The highest BCUT2D eigenvalue weighted by atomic mass is 14.8. The van der Waals surface area contributed by atoms with E-state index in [1.54, 1.807) is 0 Å². The molecule has 2 nitrogen and oxygen atoms in total. The Bertz CT molecular complexity index is 405. The molecule has 2 heteroatoms. The van der Waals surface area contributed by atoms with Crippen LogP contribution in [0.5, 0.6) is 0 Å². The highest BCUT2D eigenvalue weighted by Gasteiger charge is 2.11. The monoisotopic (exact) mass is 232 g/mol. The summed E-state index contributed by atoms with van der Waals surface area (Å²) in [6.45, 7) is 13.0. The Labute approximate surface area is 105 Å². The van der Waals surface area contributed by atoms with E-state index < -0.39 is 0 Å². The van der Waals surface area contributed by atoms with Crippen molar-refractivity contribution in [3.63, 3.8) is 0 Å². The maximum absolute atomic E-state index is 4.71. The summed E-state index contributed by atoms with van der Waals surface area (Å²) in [4.78, 5) is 9.25. The third-order valence-electron chi connectivity index (χ3n) is 3.43. The molecule has 0 saturated carbocycles. The van der Waals surface area contributed by atoms with Crippen molar-refractivity contribution in [3.8, 4) is 0 Å². The van der Waals surface area contributed by atoms with Gasteiger partial charge in [0.2, 0.25) is 0 Å². The molecule has 0 fully saturated rings. The lowest BCUT2D eigenvalue weighted by Crippen LogP contribution is -2.13. The van der Waals surface area contributed by atoms with Crippen molar-refractivity contribution < 1.29 is 0 Å². The fourth-order valence-corrected chi connectivity index (χ4v) is 1.69. The zero-order valence-electron chi connectivity index (χ0n) is 11.9. The first-order chi connectivity index (χ1) is 7.95. The van der Waals surface area contributed by atoms with Crippen LogP contribution < -0.4 is 0 Å². The molecule has 0 bridgehead atoms. The molecule has 0 spiro atoms. The minimum absolute atomic E-state index is 0.514. The predicted octanol–water partition coefficient (Wildman–Crippen LogP) is 4.34. The summed E-state index contributed by atoms with van der Waals surface area (Å²) in [5.41, 5.74) is 4.36. The lowest BCUT2D eigenvalue weighted by molar-refractivity contribution is 0.530. The molecule has 1 aromatic heterocycles. The Hall–Kier alpha value is -1.18. The van der Waals surface area contributed by atoms with Crippen molar-refractivity contribution in [3.05, 3.63) is 23.5 Å². The molecule has 1 unspecified atom stereocenters. The number of nitrogens with zero attached hydrogens (tertiary/aromatic N) is 2. The van der Waals surface area contributed by atoms with Crippen molar-refractivity contribution >= 4 is 11.4 Å². The molecular weight excluding hydrogens is 208 g/mol. The zero-order chi connectivity index (χ0) is 13.0. The van der Waals surface area contributed by atoms with Crippen LogP contribution in [0.3, 0.4) is 0 Å². The third-order valence-corrected chi connectivity index (χ3v) is 3.43. The minimum atomic E-state index is 0.514. The van der Waals surface area contributed by atoms with Crippen molar-refractivity contribution in [2.45, 2.75) is 48.0 Å². The van der Waals surface area contributed by atoms with Gasteiger partial charge in [-0.1, -0.05) is 27.7 Å². The fraction of sp³-hybridized carbons (Fsp3) is 0.600. The Kier molecular flexibility index (Phi) is 4.86. The average molecular weight is 232 g/mol. The lowest BCUT2D eigenvalue weighted by atomic mass is 9.94. The molecule has 0 aromatic carbocycles. The van der Waals surface area contributed by atoms with E-state index in [2.05, 4.69) is 51.7 Å². The van der Waals surface area contributed by atoms with E-state index in [1.807, 2.05) is 6.92 Å². The maximum atomic E-state index is 4.71. The molecule has 0 saturated heterocycles. The zero-order valence-corrected chi connectivity index (χ0v) is 11.9. The van der Waals surface area contributed by atoms with Gasteiger partial charge in [0.25, 0.3) is 0 Å². The summed E-state index contributed by atoms with van der Waals surface area (Å²) >= 11 is 0. The third kappa shape index (κ3) is 3.65. The van der Waals surface area contributed by atoms with Crippen LogP contribution in [0.15, 0.2) is 17.1 Å². The van der Waals surface area contributed by atoms with Crippen molar-refractivity contribution in [1.29, 1.82) is 0 Å². The number of pyridine rings is 1. The van der Waals surface area contributed by atoms with Gasteiger partial charge in [-0.3, -0.25) is 9.98 Å². The molecule has 94 valence electrons. The average Bonchev–Trinajstić information content (AvgIpc) is 2.30. The van der Waals surface area contributed by atoms with Gasteiger partial charge in [0.05, 0.1) is 11.4 Å². The normalized spacial score (nSPS) is 14.2. The van der Waals surface area contributed by atoms with Crippen molar-refractivity contribution in [1.82, 2.24) is 4.98 Å². The quantitative estimate of drug-likeness (QED) is 0.709. The van der Waals surface area contributed by atoms with Crippen LogP contribution in [-0.4, -0.2) is 10.7 Å². The van der Waals surface area contributed by atoms with Gasteiger partial charge in [-0.15, -0.1) is 0 Å². The number of aliphatic imine (C=N–C) groups is 1. The highest BCUT2D eigenvalue weighted by Crippen LogP contribution is 2.20. The summed E-state index contributed by atoms with van der Waals surface area (Å²) < 4.78 is 0. The van der Waals surface area contributed by atoms with Gasteiger partial charge < -0.3 is 0 Å². The van der Waals surface area contributed by atoms with E-state index in [1.165, 1.54) is 5.71 Å². The van der Waals surface area contributed by atoms with E-state index in [4.69, 9.17) is 4.99 Å². The van der Waals surface area contributed by atoms with Crippen LogP contribution in [0, 0.1) is 18.8 Å². The number of aromatic nitrogens is 1. The largest absolute Gasteiger partial charge is 0.256 e. The van der Waals surface area contributed by atoms with Gasteiger partial charge in [0.15, 0.2) is 0 Å². The molecule has 0 radical (unpaired) electrons. The van der Waals surface area contributed by atoms with Crippen LogP contribution in [0.1, 0.15) is 46.0 Å². The molecule has 0 aliphatic heterocycles. The van der Waals surface area contributed by atoms with Crippen LogP contribution in [0.2, 0.25) is 0 Å². The van der Waals surface area contributed by atoms with Crippen molar-refractivity contribution in [2.24, 2.45) is 16.8 Å². The van der Waals surface area contributed by atoms with E-state index in [-0.39, 0.29) is 0 Å². The first-order valence-electron chi connectivity index (χ1n) is 6.47. The number of hydrogen-bond acceptors (Lipinski definition) is 2. The second-order valence-corrected chi connectivity index (χ2v) is 5.05. The molecule has 1 rings (SSSR count). The first kappa shape index (κ1) is 13.9. The molecular formula is C15H24N2. The Morgan fingerprint density at radius 2 is 1.94 bits per heavy atom. The molecule has 0 amide bonds. The van der Waals surface area contributed by atoms with Gasteiger partial charge in [-0.05, 0) is 44.2 Å².